The summed E-state index contributed by atoms with van der Waals surface area (Å²) in [5.41, 5.74) is 10.4. The Labute approximate surface area is 167 Å². The second kappa shape index (κ2) is 6.63. The van der Waals surface area contributed by atoms with Crippen molar-refractivity contribution in [3.63, 3.8) is 0 Å². The van der Waals surface area contributed by atoms with Gasteiger partial charge in [0.05, 0.1) is 34.4 Å². The number of nitrogen functional groups attached to an aromatic ring is 1. The lowest BCUT2D eigenvalue weighted by molar-refractivity contribution is -0.00521. The van der Waals surface area contributed by atoms with Gasteiger partial charge in [0.2, 0.25) is 0 Å². The number of para-hydroxylation sites is 1. The number of anilines is 2. The lowest BCUT2D eigenvalue weighted by Crippen LogP contribution is -2.45. The van der Waals surface area contributed by atoms with Crippen molar-refractivity contribution < 1.29 is 4.74 Å². The van der Waals surface area contributed by atoms with E-state index in [0.29, 0.717) is 22.6 Å². The number of hydrogen-bond acceptors (Lipinski definition) is 5. The minimum absolute atomic E-state index is 0.181. The summed E-state index contributed by atoms with van der Waals surface area (Å²) < 4.78 is 5.83. The molecule has 2 unspecified atom stereocenters. The highest BCUT2D eigenvalue weighted by Gasteiger charge is 2.23. The predicted octanol–water partition coefficient (Wildman–Crippen LogP) is 3.27. The highest BCUT2D eigenvalue weighted by Crippen LogP contribution is 2.30. The molecule has 1 fully saturated rings. The van der Waals surface area contributed by atoms with Crippen molar-refractivity contribution in [1.29, 1.82) is 0 Å². The zero-order valence-corrected chi connectivity index (χ0v) is 16.4. The Morgan fingerprint density at radius 3 is 2.62 bits per heavy atom. The SMILES string of the molecule is CC1CN(c2ccc3[nH]c(-c4c(N)c5ccccc5[nH]c4=O)nc3c2)CC(C)O1. The Morgan fingerprint density at radius 2 is 1.83 bits per heavy atom. The molecule has 1 aliphatic heterocycles. The minimum atomic E-state index is -0.253. The van der Waals surface area contributed by atoms with Gasteiger partial charge in [-0.15, -0.1) is 0 Å². The molecule has 7 heteroatoms. The van der Waals surface area contributed by atoms with Crippen molar-refractivity contribution in [2.24, 2.45) is 0 Å². The second-order valence-corrected chi connectivity index (χ2v) is 7.74. The molecule has 2 atom stereocenters. The Balaban J connectivity index is 1.59. The molecule has 2 aromatic heterocycles. The van der Waals surface area contributed by atoms with E-state index in [-0.39, 0.29) is 17.8 Å². The number of fused-ring (bicyclic) bond motifs is 2. The number of H-pyrrole nitrogens is 2. The van der Waals surface area contributed by atoms with Gasteiger partial charge in [-0.3, -0.25) is 4.79 Å². The molecule has 0 saturated carbocycles. The third-order valence-electron chi connectivity index (χ3n) is 5.45. The molecule has 0 bridgehead atoms. The maximum atomic E-state index is 12.7. The Kier molecular flexibility index (Phi) is 4.06. The normalized spacial score (nSPS) is 19.9. The van der Waals surface area contributed by atoms with Crippen molar-refractivity contribution >= 4 is 33.3 Å². The van der Waals surface area contributed by atoms with Crippen LogP contribution in [0, 0.1) is 0 Å². The van der Waals surface area contributed by atoms with Crippen LogP contribution in [0.15, 0.2) is 47.3 Å². The maximum Gasteiger partial charge on any atom is 0.261 e. The van der Waals surface area contributed by atoms with Crippen LogP contribution in [-0.4, -0.2) is 40.2 Å². The van der Waals surface area contributed by atoms with E-state index in [1.807, 2.05) is 36.4 Å². The van der Waals surface area contributed by atoms with E-state index >= 15 is 0 Å². The molecular formula is C22H23N5O2. The van der Waals surface area contributed by atoms with Crippen LogP contribution < -0.4 is 16.2 Å². The molecule has 29 heavy (non-hydrogen) atoms. The molecule has 2 aromatic carbocycles. The average Bonchev–Trinajstić information content (AvgIpc) is 3.10. The number of aromatic nitrogens is 3. The number of ether oxygens (including phenoxy) is 1. The molecular weight excluding hydrogens is 366 g/mol. The fraction of sp³-hybridized carbons (Fsp3) is 0.273. The van der Waals surface area contributed by atoms with Crippen LogP contribution in [0.5, 0.6) is 0 Å². The van der Waals surface area contributed by atoms with E-state index < -0.39 is 0 Å². The number of nitrogens with zero attached hydrogens (tertiary/aromatic N) is 2. The molecule has 1 aliphatic rings. The van der Waals surface area contributed by atoms with E-state index in [4.69, 9.17) is 15.5 Å². The van der Waals surface area contributed by atoms with Crippen molar-refractivity contribution in [2.75, 3.05) is 23.7 Å². The van der Waals surface area contributed by atoms with Crippen LogP contribution in [-0.2, 0) is 4.74 Å². The van der Waals surface area contributed by atoms with Crippen LogP contribution in [0.3, 0.4) is 0 Å². The maximum absolute atomic E-state index is 12.7. The zero-order chi connectivity index (χ0) is 20.1. The van der Waals surface area contributed by atoms with Crippen molar-refractivity contribution in [1.82, 2.24) is 15.0 Å². The number of aromatic amines is 2. The summed E-state index contributed by atoms with van der Waals surface area (Å²) in [5.74, 6) is 0.477. The molecule has 0 amide bonds. The molecule has 5 rings (SSSR count). The predicted molar refractivity (Wildman–Crippen MR) is 116 cm³/mol. The van der Waals surface area contributed by atoms with Crippen LogP contribution >= 0.6 is 0 Å². The zero-order valence-electron chi connectivity index (χ0n) is 16.4. The summed E-state index contributed by atoms with van der Waals surface area (Å²) in [6, 6.07) is 13.6. The number of benzene rings is 2. The second-order valence-electron chi connectivity index (χ2n) is 7.74. The largest absolute Gasteiger partial charge is 0.397 e. The molecule has 7 nitrogen and oxygen atoms in total. The molecule has 4 N–H and O–H groups in total. The third-order valence-corrected chi connectivity index (χ3v) is 5.45. The lowest BCUT2D eigenvalue weighted by Gasteiger charge is -2.36. The summed E-state index contributed by atoms with van der Waals surface area (Å²) in [5, 5.41) is 0.805. The lowest BCUT2D eigenvalue weighted by atomic mass is 10.1. The fourth-order valence-corrected chi connectivity index (χ4v) is 4.20. The van der Waals surface area contributed by atoms with Gasteiger partial charge < -0.3 is 25.3 Å². The first-order valence-corrected chi connectivity index (χ1v) is 9.80. The summed E-state index contributed by atoms with van der Waals surface area (Å²) in [4.78, 5) is 25.8. The van der Waals surface area contributed by atoms with Crippen LogP contribution in [0.2, 0.25) is 0 Å². The number of nitrogens with two attached hydrogens (primary N) is 1. The number of nitrogens with one attached hydrogen (secondary N) is 2. The average molecular weight is 389 g/mol. The topological polar surface area (TPSA) is 100 Å². The van der Waals surface area contributed by atoms with E-state index in [1.165, 1.54) is 0 Å². The van der Waals surface area contributed by atoms with Gasteiger partial charge in [0.25, 0.3) is 5.56 Å². The number of morpholine rings is 1. The van der Waals surface area contributed by atoms with E-state index in [2.05, 4.69) is 34.8 Å². The van der Waals surface area contributed by atoms with Gasteiger partial charge in [-0.25, -0.2) is 4.98 Å². The smallest absolute Gasteiger partial charge is 0.261 e. The molecule has 4 aromatic rings. The molecule has 148 valence electrons. The van der Waals surface area contributed by atoms with Gasteiger partial charge >= 0.3 is 0 Å². The molecule has 0 spiro atoms. The van der Waals surface area contributed by atoms with Crippen molar-refractivity contribution in [3.05, 3.63) is 52.8 Å². The highest BCUT2D eigenvalue weighted by molar-refractivity contribution is 5.97. The van der Waals surface area contributed by atoms with E-state index in [9.17, 15) is 4.79 Å². The fourth-order valence-electron chi connectivity index (χ4n) is 4.20. The van der Waals surface area contributed by atoms with E-state index in [1.54, 1.807) is 0 Å². The van der Waals surface area contributed by atoms with Crippen LogP contribution in [0.4, 0.5) is 11.4 Å². The van der Waals surface area contributed by atoms with E-state index in [0.717, 1.165) is 35.2 Å². The van der Waals surface area contributed by atoms with Gasteiger partial charge in [0.15, 0.2) is 0 Å². The third kappa shape index (κ3) is 3.03. The summed E-state index contributed by atoms with van der Waals surface area (Å²) in [6.07, 6.45) is 0.361. The molecule has 3 heterocycles. The summed E-state index contributed by atoms with van der Waals surface area (Å²) in [6.45, 7) is 5.85. The number of imidazole rings is 1. The minimum Gasteiger partial charge on any atom is -0.397 e. The molecule has 1 saturated heterocycles. The Hall–Kier alpha value is -3.32. The van der Waals surface area contributed by atoms with Crippen molar-refractivity contribution in [2.45, 2.75) is 26.1 Å². The van der Waals surface area contributed by atoms with Crippen LogP contribution in [0.1, 0.15) is 13.8 Å². The summed E-state index contributed by atoms with van der Waals surface area (Å²) in [7, 11) is 0. The van der Waals surface area contributed by atoms with Gasteiger partial charge in [-0.2, -0.15) is 0 Å². The monoisotopic (exact) mass is 389 g/mol. The Morgan fingerprint density at radius 1 is 1.07 bits per heavy atom. The van der Waals surface area contributed by atoms with Crippen molar-refractivity contribution in [3.8, 4) is 11.4 Å². The molecule has 0 radical (unpaired) electrons. The number of hydrogen-bond donors (Lipinski definition) is 3. The first-order valence-electron chi connectivity index (χ1n) is 9.80. The first-order chi connectivity index (χ1) is 14.0. The van der Waals surface area contributed by atoms with Gasteiger partial charge in [0, 0.05) is 24.2 Å². The van der Waals surface area contributed by atoms with Gasteiger partial charge in [0.1, 0.15) is 11.4 Å². The quantitative estimate of drug-likeness (QED) is 0.489. The number of rotatable bonds is 2. The Bertz CT molecular complexity index is 1270. The number of pyridine rings is 1. The van der Waals surface area contributed by atoms with Gasteiger partial charge in [-0.05, 0) is 38.1 Å². The summed E-state index contributed by atoms with van der Waals surface area (Å²) >= 11 is 0. The standard InChI is InChI=1S/C22H23N5O2/c1-12-10-27(11-13(2)29-12)14-7-8-17-18(9-14)25-21(24-17)19-20(23)15-5-3-4-6-16(15)26-22(19)28/h3-9,12-13H,10-11H2,1-2H3,(H,24,25)(H3,23,26,28). The van der Waals surface area contributed by atoms with Crippen LogP contribution in [0.25, 0.3) is 33.3 Å². The highest BCUT2D eigenvalue weighted by atomic mass is 16.5. The van der Waals surface area contributed by atoms with Gasteiger partial charge in [-0.1, -0.05) is 18.2 Å². The first kappa shape index (κ1) is 17.8. The molecule has 0 aliphatic carbocycles.